The minimum atomic E-state index is 0.190. The molecule has 1 aromatic rings. The second-order valence-electron chi connectivity index (χ2n) is 5.31. The molecule has 0 radical (unpaired) electrons. The van der Waals surface area contributed by atoms with Crippen molar-refractivity contribution in [1.82, 2.24) is 14.8 Å². The maximum absolute atomic E-state index is 12.4. The smallest absolute Gasteiger partial charge is 0.270 e. The van der Waals surface area contributed by atoms with Gasteiger partial charge in [0.25, 0.3) is 5.91 Å². The summed E-state index contributed by atoms with van der Waals surface area (Å²) < 4.78 is 1.98. The van der Waals surface area contributed by atoms with Crippen LogP contribution in [0.15, 0.2) is 12.1 Å². The molecule has 1 N–H and O–H groups in total. The third-order valence-corrected chi connectivity index (χ3v) is 4.27. The Kier molecular flexibility index (Phi) is 2.47. The number of nitrogens with zero attached hydrogens (tertiary/aromatic N) is 2. The van der Waals surface area contributed by atoms with Crippen molar-refractivity contribution >= 4 is 5.91 Å². The molecule has 4 heteroatoms. The van der Waals surface area contributed by atoms with Gasteiger partial charge in [0, 0.05) is 38.9 Å². The van der Waals surface area contributed by atoms with Crippen LogP contribution in [0.3, 0.4) is 0 Å². The molecule has 0 bridgehead atoms. The molecule has 4 nitrogen and oxygen atoms in total. The summed E-state index contributed by atoms with van der Waals surface area (Å²) in [5.41, 5.74) is 1.95. The first-order valence-electron chi connectivity index (χ1n) is 6.29. The lowest BCUT2D eigenvalue weighted by Crippen LogP contribution is -2.33. The zero-order valence-corrected chi connectivity index (χ0v) is 10.4. The lowest BCUT2D eigenvalue weighted by Gasteiger charge is -2.18. The van der Waals surface area contributed by atoms with Crippen molar-refractivity contribution in [3.8, 4) is 0 Å². The van der Waals surface area contributed by atoms with Crippen molar-refractivity contribution in [2.45, 2.75) is 6.92 Å². The van der Waals surface area contributed by atoms with E-state index in [0.29, 0.717) is 11.8 Å². The predicted molar refractivity (Wildman–Crippen MR) is 65.9 cm³/mol. The Morgan fingerprint density at radius 3 is 2.47 bits per heavy atom. The van der Waals surface area contributed by atoms with Gasteiger partial charge in [-0.1, -0.05) is 0 Å². The third-order valence-electron chi connectivity index (χ3n) is 4.27. The minimum absolute atomic E-state index is 0.190. The zero-order valence-electron chi connectivity index (χ0n) is 10.4. The molecule has 2 atom stereocenters. The molecule has 92 valence electrons. The summed E-state index contributed by atoms with van der Waals surface area (Å²) in [7, 11) is 1.96. The number of hydrogen-bond donors (Lipinski definition) is 1. The van der Waals surface area contributed by atoms with Crippen LogP contribution < -0.4 is 5.32 Å². The highest BCUT2D eigenvalue weighted by molar-refractivity contribution is 5.93. The Balaban J connectivity index is 1.78. The quantitative estimate of drug-likeness (QED) is 0.772. The molecule has 0 spiro atoms. The Labute approximate surface area is 102 Å². The van der Waals surface area contributed by atoms with Crippen LogP contribution in [-0.4, -0.2) is 41.6 Å². The number of aromatic nitrogens is 1. The van der Waals surface area contributed by atoms with Crippen LogP contribution in [0.5, 0.6) is 0 Å². The second-order valence-corrected chi connectivity index (χ2v) is 5.31. The van der Waals surface area contributed by atoms with Crippen LogP contribution in [0, 0.1) is 18.8 Å². The van der Waals surface area contributed by atoms with Crippen molar-refractivity contribution in [2.24, 2.45) is 18.9 Å². The molecule has 2 unspecified atom stereocenters. The lowest BCUT2D eigenvalue weighted by atomic mass is 10.0. The molecule has 2 fully saturated rings. The van der Waals surface area contributed by atoms with Crippen LogP contribution in [0.2, 0.25) is 0 Å². The van der Waals surface area contributed by atoms with Crippen LogP contribution in [0.25, 0.3) is 0 Å². The average molecular weight is 233 g/mol. The van der Waals surface area contributed by atoms with Gasteiger partial charge < -0.3 is 14.8 Å². The maximum atomic E-state index is 12.4. The summed E-state index contributed by atoms with van der Waals surface area (Å²) >= 11 is 0. The first-order chi connectivity index (χ1) is 8.16. The molecule has 1 amide bonds. The predicted octanol–water partition coefficient (Wildman–Crippen LogP) is 0.625. The zero-order chi connectivity index (χ0) is 12.0. The van der Waals surface area contributed by atoms with E-state index in [1.54, 1.807) is 0 Å². The standard InChI is InChI=1S/C13H19N3O/c1-9-3-4-12(15(9)2)13(17)16-7-10-5-14-6-11(10)8-16/h3-4,10-11,14H,5-8H2,1-2H3. The number of hydrogen-bond acceptors (Lipinski definition) is 2. The average Bonchev–Trinajstić information content (AvgIpc) is 2.94. The number of carbonyl (C=O) groups excluding carboxylic acids is 1. The molecule has 0 aromatic carbocycles. The number of likely N-dealkylation sites (tertiary alicyclic amines) is 1. The van der Waals surface area contributed by atoms with Crippen LogP contribution in [-0.2, 0) is 7.05 Å². The summed E-state index contributed by atoms with van der Waals surface area (Å²) in [5.74, 6) is 1.52. The molecule has 2 aliphatic heterocycles. The van der Waals surface area contributed by atoms with Crippen molar-refractivity contribution in [3.63, 3.8) is 0 Å². The lowest BCUT2D eigenvalue weighted by molar-refractivity contribution is 0.0772. The van der Waals surface area contributed by atoms with Gasteiger partial charge >= 0.3 is 0 Å². The van der Waals surface area contributed by atoms with Crippen LogP contribution in [0.1, 0.15) is 16.2 Å². The highest BCUT2D eigenvalue weighted by atomic mass is 16.2. The molecule has 1 aromatic heterocycles. The van der Waals surface area contributed by atoms with Gasteiger partial charge in [-0.2, -0.15) is 0 Å². The summed E-state index contributed by atoms with van der Waals surface area (Å²) in [5, 5.41) is 3.40. The normalized spacial score (nSPS) is 27.5. The van der Waals surface area contributed by atoms with E-state index in [1.165, 1.54) is 0 Å². The summed E-state index contributed by atoms with van der Waals surface area (Å²) in [6, 6.07) is 3.94. The second kappa shape index (κ2) is 3.88. The van der Waals surface area contributed by atoms with Gasteiger partial charge in [0.05, 0.1) is 0 Å². The number of nitrogens with one attached hydrogen (secondary N) is 1. The van der Waals surface area contributed by atoms with Gasteiger partial charge in [-0.15, -0.1) is 0 Å². The summed E-state index contributed by atoms with van der Waals surface area (Å²) in [6.45, 7) is 6.00. The van der Waals surface area contributed by atoms with E-state index >= 15 is 0 Å². The fraction of sp³-hybridized carbons (Fsp3) is 0.615. The van der Waals surface area contributed by atoms with Gasteiger partial charge in [0.2, 0.25) is 0 Å². The van der Waals surface area contributed by atoms with E-state index in [4.69, 9.17) is 0 Å². The topological polar surface area (TPSA) is 37.3 Å². The maximum Gasteiger partial charge on any atom is 0.270 e. The number of amides is 1. The highest BCUT2D eigenvalue weighted by Crippen LogP contribution is 2.27. The fourth-order valence-corrected chi connectivity index (χ4v) is 3.01. The summed E-state index contributed by atoms with van der Waals surface area (Å²) in [6.07, 6.45) is 0. The molecule has 0 saturated carbocycles. The van der Waals surface area contributed by atoms with Gasteiger partial charge in [-0.05, 0) is 30.9 Å². The van der Waals surface area contributed by atoms with E-state index < -0.39 is 0 Å². The Morgan fingerprint density at radius 1 is 1.29 bits per heavy atom. The van der Waals surface area contributed by atoms with Crippen molar-refractivity contribution < 1.29 is 4.79 Å². The molecule has 3 heterocycles. The van der Waals surface area contributed by atoms with E-state index in [2.05, 4.69) is 5.32 Å². The number of fused-ring (bicyclic) bond motifs is 1. The van der Waals surface area contributed by atoms with Crippen LogP contribution in [0.4, 0.5) is 0 Å². The fourth-order valence-electron chi connectivity index (χ4n) is 3.01. The first-order valence-corrected chi connectivity index (χ1v) is 6.29. The highest BCUT2D eigenvalue weighted by Gasteiger charge is 2.38. The summed E-state index contributed by atoms with van der Waals surface area (Å²) in [4.78, 5) is 14.4. The van der Waals surface area contributed by atoms with Gasteiger partial charge in [0.1, 0.15) is 5.69 Å². The Bertz CT molecular complexity index is 440. The molecule has 3 rings (SSSR count). The van der Waals surface area contributed by atoms with Crippen LogP contribution >= 0.6 is 0 Å². The monoisotopic (exact) mass is 233 g/mol. The van der Waals surface area contributed by atoms with Gasteiger partial charge in [-0.25, -0.2) is 0 Å². The molecule has 17 heavy (non-hydrogen) atoms. The largest absolute Gasteiger partial charge is 0.344 e. The SMILES string of the molecule is Cc1ccc(C(=O)N2CC3CNCC3C2)n1C. The van der Waals surface area contributed by atoms with Gasteiger partial charge in [-0.3, -0.25) is 4.79 Å². The Hall–Kier alpha value is -1.29. The molecule has 0 aliphatic carbocycles. The van der Waals surface area contributed by atoms with Crippen molar-refractivity contribution in [2.75, 3.05) is 26.2 Å². The number of aryl methyl sites for hydroxylation is 1. The van der Waals surface area contributed by atoms with E-state index in [9.17, 15) is 4.79 Å². The van der Waals surface area contributed by atoms with Crippen molar-refractivity contribution in [3.05, 3.63) is 23.5 Å². The molecule has 2 aliphatic rings. The molecular formula is C13H19N3O. The molecule has 2 saturated heterocycles. The van der Waals surface area contributed by atoms with E-state index in [0.717, 1.165) is 37.6 Å². The molecular weight excluding hydrogens is 214 g/mol. The van der Waals surface area contributed by atoms with Crippen molar-refractivity contribution in [1.29, 1.82) is 0 Å². The van der Waals surface area contributed by atoms with Gasteiger partial charge in [0.15, 0.2) is 0 Å². The third kappa shape index (κ3) is 1.67. The van der Waals surface area contributed by atoms with E-state index in [1.807, 2.05) is 35.6 Å². The number of rotatable bonds is 1. The first kappa shape index (κ1) is 10.8. The minimum Gasteiger partial charge on any atom is -0.344 e. The number of carbonyl (C=O) groups is 1. The van der Waals surface area contributed by atoms with E-state index in [-0.39, 0.29) is 5.91 Å². The Morgan fingerprint density at radius 2 is 1.94 bits per heavy atom.